The molecule has 0 saturated heterocycles. The van der Waals surface area contributed by atoms with Crippen LogP contribution in [0.2, 0.25) is 0 Å². The first kappa shape index (κ1) is 13.9. The fraction of sp³-hybridized carbons (Fsp3) is 0.0526. The van der Waals surface area contributed by atoms with Crippen LogP contribution >= 0.6 is 23.5 Å². The number of fused-ring (bicyclic) bond motifs is 2. The molecule has 0 bridgehead atoms. The molecule has 3 heteroatoms. The second-order valence-electron chi connectivity index (χ2n) is 5.10. The van der Waals surface area contributed by atoms with Gasteiger partial charge in [-0.05, 0) is 34.9 Å². The summed E-state index contributed by atoms with van der Waals surface area (Å²) in [6.45, 7) is 0.0637. The smallest absolute Gasteiger partial charge is 0.0687 e. The van der Waals surface area contributed by atoms with Crippen LogP contribution in [0.5, 0.6) is 0 Å². The minimum Gasteiger partial charge on any atom is -0.392 e. The van der Waals surface area contributed by atoms with Crippen molar-refractivity contribution in [3.63, 3.8) is 0 Å². The molecule has 0 fully saturated rings. The molecule has 0 radical (unpaired) electrons. The van der Waals surface area contributed by atoms with Gasteiger partial charge in [-0.15, -0.1) is 0 Å². The third-order valence-electron chi connectivity index (χ3n) is 3.74. The van der Waals surface area contributed by atoms with Crippen molar-refractivity contribution in [3.05, 3.63) is 72.3 Å². The Bertz CT molecular complexity index is 842. The van der Waals surface area contributed by atoms with E-state index in [1.165, 1.54) is 25.1 Å². The molecule has 0 unspecified atom stereocenters. The van der Waals surface area contributed by atoms with Gasteiger partial charge in [0.25, 0.3) is 0 Å². The number of benzene rings is 3. The van der Waals surface area contributed by atoms with Gasteiger partial charge in [0, 0.05) is 19.6 Å². The molecule has 0 spiro atoms. The molecular formula is C19H14OS2. The highest BCUT2D eigenvalue weighted by molar-refractivity contribution is 8.05. The molecular weight excluding hydrogens is 308 g/mol. The van der Waals surface area contributed by atoms with Crippen LogP contribution in [-0.2, 0) is 6.61 Å². The van der Waals surface area contributed by atoms with Crippen LogP contribution in [0.1, 0.15) is 5.56 Å². The first-order valence-electron chi connectivity index (χ1n) is 7.13. The Morgan fingerprint density at radius 1 is 0.636 bits per heavy atom. The molecule has 0 amide bonds. The summed E-state index contributed by atoms with van der Waals surface area (Å²) in [5, 5.41) is 9.63. The van der Waals surface area contributed by atoms with Gasteiger partial charge in [0.15, 0.2) is 0 Å². The highest BCUT2D eigenvalue weighted by Gasteiger charge is 2.20. The third-order valence-corrected chi connectivity index (χ3v) is 6.35. The molecule has 1 aliphatic rings. The summed E-state index contributed by atoms with van der Waals surface area (Å²) < 4.78 is 0. The molecule has 108 valence electrons. The molecule has 1 nitrogen and oxygen atoms in total. The van der Waals surface area contributed by atoms with Gasteiger partial charge in [-0.3, -0.25) is 0 Å². The summed E-state index contributed by atoms with van der Waals surface area (Å²) in [5.74, 6) is 0. The maximum Gasteiger partial charge on any atom is 0.0687 e. The molecule has 3 aromatic carbocycles. The van der Waals surface area contributed by atoms with Gasteiger partial charge in [-0.25, -0.2) is 0 Å². The highest BCUT2D eigenvalue weighted by atomic mass is 32.2. The first-order chi connectivity index (χ1) is 10.9. The van der Waals surface area contributed by atoms with Crippen molar-refractivity contribution in [1.29, 1.82) is 0 Å². The fourth-order valence-electron chi connectivity index (χ4n) is 2.68. The summed E-state index contributed by atoms with van der Waals surface area (Å²) in [6, 6.07) is 23.0. The Morgan fingerprint density at radius 2 is 1.27 bits per heavy atom. The standard InChI is InChI=1S/C19H14OS2/c20-12-13-6-1-2-7-14(13)15-8-5-11-18-19(15)22-17-10-4-3-9-16(17)21-18/h1-11,20H,12H2. The largest absolute Gasteiger partial charge is 0.392 e. The van der Waals surface area contributed by atoms with Gasteiger partial charge < -0.3 is 5.11 Å². The Labute approximate surface area is 138 Å². The lowest BCUT2D eigenvalue weighted by atomic mass is 10.00. The second kappa shape index (κ2) is 5.84. The first-order valence-corrected chi connectivity index (χ1v) is 8.77. The van der Waals surface area contributed by atoms with E-state index < -0.39 is 0 Å². The molecule has 22 heavy (non-hydrogen) atoms. The van der Waals surface area contributed by atoms with Crippen LogP contribution in [0.3, 0.4) is 0 Å². The van der Waals surface area contributed by atoms with Gasteiger partial charge in [0.1, 0.15) is 0 Å². The zero-order chi connectivity index (χ0) is 14.9. The van der Waals surface area contributed by atoms with Crippen molar-refractivity contribution >= 4 is 23.5 Å². The Hall–Kier alpha value is -1.68. The predicted molar refractivity (Wildman–Crippen MR) is 92.5 cm³/mol. The van der Waals surface area contributed by atoms with Gasteiger partial charge in [0.05, 0.1) is 6.61 Å². The average Bonchev–Trinajstić information content (AvgIpc) is 2.59. The van der Waals surface area contributed by atoms with Gasteiger partial charge in [-0.1, -0.05) is 72.1 Å². The lowest BCUT2D eigenvalue weighted by Crippen LogP contribution is -1.95. The van der Waals surface area contributed by atoms with Crippen LogP contribution in [0, 0.1) is 0 Å². The monoisotopic (exact) mass is 322 g/mol. The van der Waals surface area contributed by atoms with Crippen molar-refractivity contribution in [2.45, 2.75) is 26.2 Å². The van der Waals surface area contributed by atoms with Crippen molar-refractivity contribution in [2.24, 2.45) is 0 Å². The summed E-state index contributed by atoms with van der Waals surface area (Å²) in [7, 11) is 0. The van der Waals surface area contributed by atoms with E-state index in [-0.39, 0.29) is 6.61 Å². The van der Waals surface area contributed by atoms with Crippen molar-refractivity contribution in [2.75, 3.05) is 0 Å². The number of aliphatic hydroxyl groups is 1. The number of rotatable bonds is 2. The number of hydrogen-bond acceptors (Lipinski definition) is 3. The van der Waals surface area contributed by atoms with E-state index in [0.717, 1.165) is 11.1 Å². The molecule has 1 heterocycles. The molecule has 0 aromatic heterocycles. The summed E-state index contributed by atoms with van der Waals surface area (Å²) in [5.41, 5.74) is 3.30. The predicted octanol–water partition coefficient (Wildman–Crippen LogP) is 5.46. The lowest BCUT2D eigenvalue weighted by Gasteiger charge is -2.21. The quantitative estimate of drug-likeness (QED) is 0.529. The van der Waals surface area contributed by atoms with E-state index >= 15 is 0 Å². The molecule has 3 aromatic rings. The van der Waals surface area contributed by atoms with Crippen LogP contribution in [0.15, 0.2) is 86.3 Å². The summed E-state index contributed by atoms with van der Waals surface area (Å²) in [4.78, 5) is 5.18. The zero-order valence-electron chi connectivity index (χ0n) is 11.8. The van der Waals surface area contributed by atoms with E-state index in [4.69, 9.17) is 0 Å². The number of aliphatic hydroxyl groups excluding tert-OH is 1. The van der Waals surface area contributed by atoms with Gasteiger partial charge in [-0.2, -0.15) is 0 Å². The van der Waals surface area contributed by atoms with Crippen LogP contribution in [0.4, 0.5) is 0 Å². The number of hydrogen-bond donors (Lipinski definition) is 1. The van der Waals surface area contributed by atoms with E-state index in [2.05, 4.69) is 48.5 Å². The molecule has 0 atom stereocenters. The Balaban J connectivity index is 1.88. The van der Waals surface area contributed by atoms with E-state index in [0.29, 0.717) is 0 Å². The molecule has 0 saturated carbocycles. The maximum absolute atomic E-state index is 9.63. The van der Waals surface area contributed by atoms with Crippen molar-refractivity contribution in [1.82, 2.24) is 0 Å². The third kappa shape index (κ3) is 2.35. The van der Waals surface area contributed by atoms with Crippen molar-refractivity contribution in [3.8, 4) is 11.1 Å². The zero-order valence-corrected chi connectivity index (χ0v) is 13.5. The normalized spacial score (nSPS) is 12.6. The van der Waals surface area contributed by atoms with E-state index in [9.17, 15) is 5.11 Å². The highest BCUT2D eigenvalue weighted by Crippen LogP contribution is 2.51. The summed E-state index contributed by atoms with van der Waals surface area (Å²) in [6.07, 6.45) is 0. The fourth-order valence-corrected chi connectivity index (χ4v) is 5.07. The average molecular weight is 322 g/mol. The van der Waals surface area contributed by atoms with Gasteiger partial charge >= 0.3 is 0 Å². The Kier molecular flexibility index (Phi) is 3.70. The Morgan fingerprint density at radius 3 is 2.09 bits per heavy atom. The molecule has 4 rings (SSSR count). The van der Waals surface area contributed by atoms with Crippen molar-refractivity contribution < 1.29 is 5.11 Å². The molecule has 1 aliphatic heterocycles. The maximum atomic E-state index is 9.63. The minimum atomic E-state index is 0.0637. The molecule has 0 aliphatic carbocycles. The van der Waals surface area contributed by atoms with Crippen LogP contribution in [-0.4, -0.2) is 5.11 Å². The van der Waals surface area contributed by atoms with Gasteiger partial charge in [0.2, 0.25) is 0 Å². The lowest BCUT2D eigenvalue weighted by molar-refractivity contribution is 0.282. The minimum absolute atomic E-state index is 0.0637. The topological polar surface area (TPSA) is 20.2 Å². The SMILES string of the molecule is OCc1ccccc1-c1cccc2c1Sc1ccccc1S2. The summed E-state index contributed by atoms with van der Waals surface area (Å²) >= 11 is 3.64. The molecule has 1 N–H and O–H groups in total. The van der Waals surface area contributed by atoms with Crippen LogP contribution in [0.25, 0.3) is 11.1 Å². The van der Waals surface area contributed by atoms with E-state index in [1.807, 2.05) is 41.7 Å². The van der Waals surface area contributed by atoms with Crippen LogP contribution < -0.4 is 0 Å². The second-order valence-corrected chi connectivity index (χ2v) is 7.23. The van der Waals surface area contributed by atoms with E-state index in [1.54, 1.807) is 0 Å².